The number of aromatic nitrogens is 2. The van der Waals surface area contributed by atoms with Crippen molar-refractivity contribution in [2.45, 2.75) is 47.4 Å². The van der Waals surface area contributed by atoms with Crippen molar-refractivity contribution in [1.82, 2.24) is 20.0 Å². The number of aliphatic hydroxyl groups is 9. The number of hydrogen-bond acceptors (Lipinski definition) is 12. The highest BCUT2D eigenvalue weighted by atomic mass is 16.7. The minimum atomic E-state index is -4.28. The Labute approximate surface area is 179 Å². The minimum Gasteiger partial charge on any atom is -0.371 e. The van der Waals surface area contributed by atoms with Crippen molar-refractivity contribution >= 4 is 16.8 Å². The predicted molar refractivity (Wildman–Crippen MR) is 102 cm³/mol. The molecule has 2 saturated heterocycles. The van der Waals surface area contributed by atoms with Crippen molar-refractivity contribution in [1.29, 1.82) is 0 Å². The van der Waals surface area contributed by atoms with Gasteiger partial charge in [0.1, 0.15) is 5.72 Å². The lowest BCUT2D eigenvalue weighted by Crippen LogP contribution is -2.95. The summed E-state index contributed by atoms with van der Waals surface area (Å²) in [6.45, 7) is 0. The molecule has 14 nitrogen and oxygen atoms in total. The van der Waals surface area contributed by atoms with Gasteiger partial charge in [0.05, 0.1) is 5.52 Å². The molecule has 32 heavy (non-hydrogen) atoms. The molecule has 1 amide bonds. The van der Waals surface area contributed by atoms with Gasteiger partial charge in [-0.1, -0.05) is 18.2 Å². The molecule has 2 atom stereocenters. The average molecular weight is 456 g/mol. The summed E-state index contributed by atoms with van der Waals surface area (Å²) in [4.78, 5) is 13.2. The molecule has 1 aromatic carbocycles. The third-order valence-electron chi connectivity index (χ3n) is 6.60. The number of rotatable bonds is 2. The number of piperidine rings is 2. The lowest BCUT2D eigenvalue weighted by Gasteiger charge is -2.68. The predicted octanol–water partition coefficient (Wildman–Crippen LogP) is -4.85. The highest BCUT2D eigenvalue weighted by Gasteiger charge is 2.86. The first-order valence-corrected chi connectivity index (χ1v) is 9.45. The van der Waals surface area contributed by atoms with E-state index in [9.17, 15) is 50.8 Å². The Kier molecular flexibility index (Phi) is 4.45. The summed E-state index contributed by atoms with van der Waals surface area (Å²) in [5.41, 5.74) is -8.85. The van der Waals surface area contributed by atoms with Gasteiger partial charge in [-0.2, -0.15) is 5.10 Å². The molecule has 2 fully saturated rings. The summed E-state index contributed by atoms with van der Waals surface area (Å²) < 4.78 is 1.39. The number of nitrogens with one attached hydrogen (secondary N) is 1. The fraction of sp³-hybridized carbons (Fsp3) is 0.556. The number of amides is 1. The van der Waals surface area contributed by atoms with Crippen LogP contribution in [-0.2, 0) is 7.05 Å². The number of carbonyl (C=O) groups excluding carboxylic acids is 1. The van der Waals surface area contributed by atoms with Gasteiger partial charge in [-0.15, -0.1) is 0 Å². The SMILES string of the molecule is CN1C2(O)CC(O)(NC(=O)c3nn(C)c4ccccc34)CC1(O)C(O)(O)C(O)(O)C2(O)O. The van der Waals surface area contributed by atoms with Gasteiger partial charge in [0.25, 0.3) is 23.3 Å². The van der Waals surface area contributed by atoms with E-state index in [1.807, 2.05) is 0 Å². The Morgan fingerprint density at radius 2 is 1.38 bits per heavy atom. The van der Waals surface area contributed by atoms with Crippen LogP contribution in [0.1, 0.15) is 23.3 Å². The van der Waals surface area contributed by atoms with Crippen LogP contribution in [0, 0.1) is 0 Å². The molecule has 0 aliphatic carbocycles. The van der Waals surface area contributed by atoms with E-state index >= 15 is 0 Å². The number of likely N-dealkylation sites (N-methyl/N-ethyl adjacent to an activating group) is 1. The zero-order chi connectivity index (χ0) is 24.1. The van der Waals surface area contributed by atoms with Crippen molar-refractivity contribution in [3.05, 3.63) is 30.0 Å². The van der Waals surface area contributed by atoms with Gasteiger partial charge in [0.15, 0.2) is 17.1 Å². The summed E-state index contributed by atoms with van der Waals surface area (Å²) >= 11 is 0. The molecule has 4 rings (SSSR count). The van der Waals surface area contributed by atoms with E-state index < -0.39 is 53.3 Å². The number of carbonyl (C=O) groups is 1. The second-order valence-corrected chi connectivity index (χ2v) is 8.54. The minimum absolute atomic E-state index is 0.156. The molecule has 14 heteroatoms. The first kappa shape index (κ1) is 22.9. The van der Waals surface area contributed by atoms with Gasteiger partial charge in [0.2, 0.25) is 0 Å². The van der Waals surface area contributed by atoms with Crippen LogP contribution in [0.25, 0.3) is 10.9 Å². The van der Waals surface area contributed by atoms with E-state index in [0.29, 0.717) is 10.9 Å². The molecule has 0 saturated carbocycles. The summed E-state index contributed by atoms with van der Waals surface area (Å²) in [5.74, 6) is -13.5. The normalized spacial score (nSPS) is 35.6. The average Bonchev–Trinajstić information content (AvgIpc) is 3.02. The number of hydrogen-bond donors (Lipinski definition) is 10. The van der Waals surface area contributed by atoms with E-state index in [4.69, 9.17) is 0 Å². The van der Waals surface area contributed by atoms with Crippen molar-refractivity contribution in [3.63, 3.8) is 0 Å². The zero-order valence-corrected chi connectivity index (χ0v) is 17.0. The molecule has 0 spiro atoms. The highest BCUT2D eigenvalue weighted by molar-refractivity contribution is 6.05. The highest BCUT2D eigenvalue weighted by Crippen LogP contribution is 2.57. The van der Waals surface area contributed by atoms with Crippen LogP contribution >= 0.6 is 0 Å². The second kappa shape index (κ2) is 6.21. The van der Waals surface area contributed by atoms with Gasteiger partial charge >= 0.3 is 0 Å². The van der Waals surface area contributed by atoms with Gasteiger partial charge in [-0.25, -0.2) is 4.90 Å². The zero-order valence-electron chi connectivity index (χ0n) is 17.0. The monoisotopic (exact) mass is 456 g/mol. The topological polar surface area (TPSA) is 232 Å². The summed E-state index contributed by atoms with van der Waals surface area (Å²) in [6.07, 6.45) is -2.39. The Morgan fingerprint density at radius 3 is 1.91 bits per heavy atom. The van der Waals surface area contributed by atoms with Gasteiger partial charge in [-0.05, 0) is 13.1 Å². The Morgan fingerprint density at radius 1 is 0.875 bits per heavy atom. The summed E-state index contributed by atoms with van der Waals surface area (Å²) in [5, 5.41) is 101. The van der Waals surface area contributed by atoms with Crippen LogP contribution in [0.5, 0.6) is 0 Å². The van der Waals surface area contributed by atoms with Crippen molar-refractivity contribution in [3.8, 4) is 0 Å². The smallest absolute Gasteiger partial charge is 0.283 e. The quantitative estimate of drug-likeness (QED) is 0.192. The molecule has 0 radical (unpaired) electrons. The molecular formula is C18H24N4O10. The number of benzene rings is 1. The van der Waals surface area contributed by atoms with Crippen LogP contribution in [0.2, 0.25) is 0 Å². The number of aryl methyl sites for hydroxylation is 1. The van der Waals surface area contributed by atoms with Crippen molar-refractivity contribution in [2.75, 3.05) is 7.05 Å². The molecule has 10 N–H and O–H groups in total. The maximum Gasteiger partial charge on any atom is 0.283 e. The van der Waals surface area contributed by atoms with E-state index in [2.05, 4.69) is 10.4 Å². The summed E-state index contributed by atoms with van der Waals surface area (Å²) in [7, 11) is 2.39. The lowest BCUT2D eigenvalue weighted by atomic mass is 9.65. The van der Waals surface area contributed by atoms with Crippen LogP contribution in [-0.4, -0.2) is 108 Å². The Bertz CT molecular complexity index is 1080. The first-order valence-electron chi connectivity index (χ1n) is 9.45. The van der Waals surface area contributed by atoms with E-state index in [1.54, 1.807) is 31.3 Å². The fourth-order valence-electron chi connectivity index (χ4n) is 4.68. The van der Waals surface area contributed by atoms with Gasteiger partial charge in [0, 0.05) is 25.3 Å². The molecular weight excluding hydrogens is 432 g/mol. The van der Waals surface area contributed by atoms with E-state index in [-0.39, 0.29) is 10.6 Å². The second-order valence-electron chi connectivity index (χ2n) is 8.54. The number of nitrogens with zero attached hydrogens (tertiary/aromatic N) is 3. The van der Waals surface area contributed by atoms with Crippen molar-refractivity contribution in [2.24, 2.45) is 7.05 Å². The molecule has 2 aliphatic heterocycles. The van der Waals surface area contributed by atoms with Crippen LogP contribution < -0.4 is 5.32 Å². The Hall–Kier alpha value is -2.24. The van der Waals surface area contributed by atoms with Crippen LogP contribution in [0.4, 0.5) is 0 Å². The lowest BCUT2D eigenvalue weighted by molar-refractivity contribution is -0.581. The standard InChI is InChI=1S/C18H24N4O10/c1-21-10-6-4-3-5-9(10)11(20-21)12(23)19-13(24)7-14(25)16(27,28)18(31,32)17(29,30)15(26,8-13)22(14)2/h3-6,24-32H,7-8H2,1-2H3,(H,19,23). The molecule has 1 aromatic heterocycles. The third kappa shape index (κ3) is 2.47. The molecule has 3 heterocycles. The van der Waals surface area contributed by atoms with Crippen molar-refractivity contribution < 1.29 is 50.8 Å². The van der Waals surface area contributed by atoms with E-state index in [0.717, 1.165) is 7.05 Å². The van der Waals surface area contributed by atoms with Gasteiger partial charge < -0.3 is 51.3 Å². The fourth-order valence-corrected chi connectivity index (χ4v) is 4.68. The number of fused-ring (bicyclic) bond motifs is 3. The largest absolute Gasteiger partial charge is 0.371 e. The van der Waals surface area contributed by atoms with Gasteiger partial charge in [-0.3, -0.25) is 9.48 Å². The van der Waals surface area contributed by atoms with E-state index in [1.165, 1.54) is 4.68 Å². The first-order chi connectivity index (χ1) is 14.5. The molecule has 2 bridgehead atoms. The van der Waals surface area contributed by atoms with Crippen LogP contribution in [0.15, 0.2) is 24.3 Å². The summed E-state index contributed by atoms with van der Waals surface area (Å²) in [6, 6.07) is 6.61. The van der Waals surface area contributed by atoms with Crippen LogP contribution in [0.3, 0.4) is 0 Å². The number of para-hydroxylation sites is 1. The third-order valence-corrected chi connectivity index (χ3v) is 6.60. The molecule has 2 unspecified atom stereocenters. The molecule has 176 valence electrons. The maximum absolute atomic E-state index is 12.9. The molecule has 2 aliphatic rings. The molecule has 2 aromatic rings. The Balaban J connectivity index is 1.78. The maximum atomic E-state index is 12.9.